The predicted octanol–water partition coefficient (Wildman–Crippen LogP) is 3.72. The number of hydrogen-bond donors (Lipinski definition) is 0. The topological polar surface area (TPSA) is 63.2 Å². The Morgan fingerprint density at radius 3 is 2.68 bits per heavy atom. The number of rotatable bonds is 0. The number of ketones is 1. The number of fused-ring (bicyclic) bond motifs is 7. The van der Waals surface area contributed by atoms with E-state index in [0.717, 1.165) is 16.9 Å². The van der Waals surface area contributed by atoms with Crippen molar-refractivity contribution in [1.82, 2.24) is 0 Å². The molecule has 0 aromatic heterocycles. The molecule has 0 fully saturated rings. The fourth-order valence-electron chi connectivity index (χ4n) is 4.26. The van der Waals surface area contributed by atoms with Crippen LogP contribution >= 0.6 is 0 Å². The second-order valence-corrected chi connectivity index (χ2v) is 7.95. The SMILES string of the molecule is CC1(C)C=Cc2c(ccc3c2OC2COc4cc5c(cc4C2C3=O)OCO5)O1. The van der Waals surface area contributed by atoms with Crippen molar-refractivity contribution >= 4 is 11.9 Å². The molecule has 0 saturated carbocycles. The zero-order valence-electron chi connectivity index (χ0n) is 15.5. The van der Waals surface area contributed by atoms with Gasteiger partial charge in [-0.15, -0.1) is 0 Å². The summed E-state index contributed by atoms with van der Waals surface area (Å²) in [6, 6.07) is 7.28. The highest BCUT2D eigenvalue weighted by molar-refractivity contribution is 6.06. The maximum atomic E-state index is 13.5. The number of Topliss-reactive ketones (excluding diaryl/α,β-unsaturated/α-hetero) is 1. The van der Waals surface area contributed by atoms with Crippen LogP contribution < -0.4 is 23.7 Å². The van der Waals surface area contributed by atoms with Gasteiger partial charge in [-0.05, 0) is 44.2 Å². The van der Waals surface area contributed by atoms with Crippen LogP contribution in [0.5, 0.6) is 28.7 Å². The Hall–Kier alpha value is -3.15. The van der Waals surface area contributed by atoms with Crippen molar-refractivity contribution in [3.05, 3.63) is 47.0 Å². The van der Waals surface area contributed by atoms with Crippen molar-refractivity contribution in [2.75, 3.05) is 13.4 Å². The van der Waals surface area contributed by atoms with Crippen molar-refractivity contribution in [3.8, 4) is 28.7 Å². The zero-order chi connectivity index (χ0) is 19.0. The van der Waals surface area contributed by atoms with Gasteiger partial charge in [-0.2, -0.15) is 0 Å². The van der Waals surface area contributed by atoms with E-state index in [2.05, 4.69) is 0 Å². The summed E-state index contributed by atoms with van der Waals surface area (Å²) in [6.45, 7) is 4.45. The van der Waals surface area contributed by atoms with Gasteiger partial charge in [0.05, 0.1) is 17.0 Å². The van der Waals surface area contributed by atoms with Gasteiger partial charge in [-0.1, -0.05) is 0 Å². The monoisotopic (exact) mass is 378 g/mol. The molecular weight excluding hydrogens is 360 g/mol. The summed E-state index contributed by atoms with van der Waals surface area (Å²) in [4.78, 5) is 13.5. The number of hydrogen-bond acceptors (Lipinski definition) is 6. The highest BCUT2D eigenvalue weighted by atomic mass is 16.7. The van der Waals surface area contributed by atoms with Crippen LogP contribution in [-0.2, 0) is 0 Å². The fourth-order valence-corrected chi connectivity index (χ4v) is 4.26. The Balaban J connectivity index is 1.47. The Labute approximate surface area is 161 Å². The van der Waals surface area contributed by atoms with E-state index >= 15 is 0 Å². The first-order chi connectivity index (χ1) is 13.5. The molecule has 6 nitrogen and oxygen atoms in total. The lowest BCUT2D eigenvalue weighted by Gasteiger charge is -2.38. The molecule has 4 heterocycles. The van der Waals surface area contributed by atoms with Crippen molar-refractivity contribution in [1.29, 1.82) is 0 Å². The summed E-state index contributed by atoms with van der Waals surface area (Å²) in [5.74, 6) is 2.80. The quantitative estimate of drug-likeness (QED) is 0.696. The van der Waals surface area contributed by atoms with Crippen molar-refractivity contribution in [2.45, 2.75) is 31.5 Å². The Morgan fingerprint density at radius 1 is 1.00 bits per heavy atom. The van der Waals surface area contributed by atoms with Gasteiger partial charge in [0.1, 0.15) is 35.6 Å². The molecule has 28 heavy (non-hydrogen) atoms. The largest absolute Gasteiger partial charge is 0.489 e. The number of ether oxygens (including phenoxy) is 5. The van der Waals surface area contributed by atoms with Gasteiger partial charge in [-0.25, -0.2) is 0 Å². The molecule has 142 valence electrons. The first kappa shape index (κ1) is 15.9. The molecule has 2 unspecified atom stereocenters. The molecule has 6 heteroatoms. The van der Waals surface area contributed by atoms with Gasteiger partial charge in [0.2, 0.25) is 6.79 Å². The summed E-state index contributed by atoms with van der Waals surface area (Å²) in [7, 11) is 0. The van der Waals surface area contributed by atoms with Crippen molar-refractivity contribution in [2.24, 2.45) is 0 Å². The maximum absolute atomic E-state index is 13.5. The summed E-state index contributed by atoms with van der Waals surface area (Å²) in [5.41, 5.74) is 1.76. The van der Waals surface area contributed by atoms with E-state index in [-0.39, 0.29) is 12.6 Å². The van der Waals surface area contributed by atoms with E-state index in [4.69, 9.17) is 23.7 Å². The standard InChI is InChI=1S/C22H18O6/c1-22(2)6-5-11-14(28-22)4-3-12-20(23)19-13-7-16-17(26-10-25-16)8-15(13)24-9-18(19)27-21(11)12/h3-8,18-19H,9-10H2,1-2H3. The van der Waals surface area contributed by atoms with E-state index in [1.54, 1.807) is 12.1 Å². The minimum absolute atomic E-state index is 0.0238. The normalized spacial score (nSPS) is 24.7. The highest BCUT2D eigenvalue weighted by Gasteiger charge is 2.45. The van der Waals surface area contributed by atoms with Gasteiger partial charge in [0.15, 0.2) is 17.3 Å². The Kier molecular flexibility index (Phi) is 2.96. The predicted molar refractivity (Wildman–Crippen MR) is 99.7 cm³/mol. The summed E-state index contributed by atoms with van der Waals surface area (Å²) >= 11 is 0. The molecule has 0 radical (unpaired) electrons. The van der Waals surface area contributed by atoms with Crippen LogP contribution in [0.3, 0.4) is 0 Å². The fraction of sp³-hybridized carbons (Fsp3) is 0.318. The molecule has 0 aliphatic carbocycles. The lowest BCUT2D eigenvalue weighted by atomic mass is 9.81. The van der Waals surface area contributed by atoms with Crippen molar-refractivity contribution < 1.29 is 28.5 Å². The van der Waals surface area contributed by atoms with Crippen LogP contribution in [0, 0.1) is 0 Å². The molecule has 0 bridgehead atoms. The summed E-state index contributed by atoms with van der Waals surface area (Å²) < 4.78 is 29.1. The van der Waals surface area contributed by atoms with Crippen LogP contribution in [0.4, 0.5) is 0 Å². The second-order valence-electron chi connectivity index (χ2n) is 7.95. The summed E-state index contributed by atoms with van der Waals surface area (Å²) in [6.07, 6.45) is 3.55. The Bertz CT molecular complexity index is 1070. The van der Waals surface area contributed by atoms with Gasteiger partial charge < -0.3 is 23.7 Å². The molecule has 0 amide bonds. The molecule has 0 N–H and O–H groups in total. The van der Waals surface area contributed by atoms with E-state index in [1.807, 2.05) is 38.1 Å². The minimum atomic E-state index is -0.436. The van der Waals surface area contributed by atoms with Crippen LogP contribution in [0.15, 0.2) is 30.3 Å². The third kappa shape index (κ3) is 2.11. The lowest BCUT2D eigenvalue weighted by molar-refractivity contribution is 0.0554. The van der Waals surface area contributed by atoms with Gasteiger partial charge in [0, 0.05) is 11.6 Å². The van der Waals surface area contributed by atoms with E-state index in [1.165, 1.54) is 0 Å². The number of benzene rings is 2. The molecule has 2 aromatic rings. The maximum Gasteiger partial charge on any atom is 0.231 e. The van der Waals surface area contributed by atoms with E-state index < -0.39 is 17.6 Å². The molecular formula is C22H18O6. The minimum Gasteiger partial charge on any atom is -0.489 e. The van der Waals surface area contributed by atoms with Gasteiger partial charge in [-0.3, -0.25) is 4.79 Å². The third-order valence-electron chi connectivity index (χ3n) is 5.61. The van der Waals surface area contributed by atoms with E-state index in [9.17, 15) is 4.79 Å². The van der Waals surface area contributed by atoms with Crippen LogP contribution in [0.1, 0.15) is 41.3 Å². The van der Waals surface area contributed by atoms with Gasteiger partial charge in [0.25, 0.3) is 0 Å². The van der Waals surface area contributed by atoms with Crippen LogP contribution in [-0.4, -0.2) is 30.9 Å². The number of carbonyl (C=O) groups excluding carboxylic acids is 1. The smallest absolute Gasteiger partial charge is 0.231 e. The van der Waals surface area contributed by atoms with Gasteiger partial charge >= 0.3 is 0 Å². The Morgan fingerprint density at radius 2 is 1.82 bits per heavy atom. The lowest BCUT2D eigenvalue weighted by Crippen LogP contribution is -2.43. The van der Waals surface area contributed by atoms with Crippen LogP contribution in [0.25, 0.3) is 6.08 Å². The number of carbonyl (C=O) groups is 1. The van der Waals surface area contributed by atoms with E-state index in [0.29, 0.717) is 35.2 Å². The van der Waals surface area contributed by atoms with Crippen molar-refractivity contribution in [3.63, 3.8) is 0 Å². The average Bonchev–Trinajstić information content (AvgIpc) is 3.12. The molecule has 2 atom stereocenters. The second kappa shape index (κ2) is 5.22. The third-order valence-corrected chi connectivity index (χ3v) is 5.61. The average molecular weight is 378 g/mol. The first-order valence-electron chi connectivity index (χ1n) is 9.33. The first-order valence-corrected chi connectivity index (χ1v) is 9.33. The highest BCUT2D eigenvalue weighted by Crippen LogP contribution is 2.50. The van der Waals surface area contributed by atoms with Crippen LogP contribution in [0.2, 0.25) is 0 Å². The molecule has 0 spiro atoms. The molecule has 4 aliphatic rings. The summed E-state index contributed by atoms with van der Waals surface area (Å²) in [5, 5.41) is 0. The molecule has 4 aliphatic heterocycles. The molecule has 2 aromatic carbocycles. The molecule has 6 rings (SSSR count). The zero-order valence-corrected chi connectivity index (χ0v) is 15.5. The molecule has 0 saturated heterocycles.